The molecule has 0 N–H and O–H groups in total. The quantitative estimate of drug-likeness (QED) is 0.627. The third-order valence-electron chi connectivity index (χ3n) is 2.95. The van der Waals surface area contributed by atoms with Gasteiger partial charge in [-0.3, -0.25) is 4.90 Å². The summed E-state index contributed by atoms with van der Waals surface area (Å²) in [7, 11) is 1.82. The second-order valence-electron chi connectivity index (χ2n) is 4.13. The Bertz CT molecular complexity index is 136. The highest BCUT2D eigenvalue weighted by Gasteiger charge is 2.26. The Morgan fingerprint density at radius 3 is 2.58 bits per heavy atom. The van der Waals surface area contributed by atoms with Crippen LogP contribution in [0.2, 0.25) is 0 Å². The fraction of sp³-hybridized carbons (Fsp3) is 1.00. The van der Waals surface area contributed by atoms with E-state index >= 15 is 0 Å². The first-order valence-electron chi connectivity index (χ1n) is 4.92. The Balaban J connectivity index is 2.44. The molecule has 1 aliphatic heterocycles. The summed E-state index contributed by atoms with van der Waals surface area (Å²) in [4.78, 5) is 2.49. The van der Waals surface area contributed by atoms with Crippen molar-refractivity contribution in [3.63, 3.8) is 0 Å². The van der Waals surface area contributed by atoms with Gasteiger partial charge in [0, 0.05) is 19.7 Å². The summed E-state index contributed by atoms with van der Waals surface area (Å²) in [5, 5.41) is 0. The first-order valence-corrected chi connectivity index (χ1v) is 4.92. The minimum atomic E-state index is 0.446. The molecule has 0 aromatic carbocycles. The summed E-state index contributed by atoms with van der Waals surface area (Å²) in [6.45, 7) is 9.13. The molecule has 1 saturated heterocycles. The molecule has 1 aliphatic rings. The first-order chi connectivity index (χ1) is 5.65. The van der Waals surface area contributed by atoms with Crippen molar-refractivity contribution in [3.8, 4) is 0 Å². The van der Waals surface area contributed by atoms with Gasteiger partial charge in [0.2, 0.25) is 0 Å². The molecule has 0 spiro atoms. The number of piperidine rings is 1. The monoisotopic (exact) mass is 171 g/mol. The van der Waals surface area contributed by atoms with Crippen LogP contribution in [0.4, 0.5) is 0 Å². The third kappa shape index (κ3) is 2.20. The normalized spacial score (nSPS) is 32.8. The van der Waals surface area contributed by atoms with Gasteiger partial charge in [-0.05, 0) is 32.7 Å². The average Bonchev–Trinajstić information content (AvgIpc) is 2.05. The summed E-state index contributed by atoms with van der Waals surface area (Å²) in [6.07, 6.45) is 1.72. The number of hydrogen-bond donors (Lipinski definition) is 0. The zero-order chi connectivity index (χ0) is 9.14. The van der Waals surface area contributed by atoms with Crippen LogP contribution in [-0.2, 0) is 4.74 Å². The van der Waals surface area contributed by atoms with Crippen molar-refractivity contribution in [1.82, 2.24) is 4.90 Å². The number of ether oxygens (including phenoxy) is 1. The summed E-state index contributed by atoms with van der Waals surface area (Å²) in [6, 6.07) is 0.662. The first kappa shape index (κ1) is 10.0. The molecule has 2 nitrogen and oxygen atoms in total. The Hall–Kier alpha value is -0.0800. The highest BCUT2D eigenvalue weighted by Crippen LogP contribution is 2.20. The van der Waals surface area contributed by atoms with Crippen LogP contribution < -0.4 is 0 Å². The molecule has 1 heterocycles. The lowest BCUT2D eigenvalue weighted by atomic mass is 9.95. The number of rotatable bonds is 2. The van der Waals surface area contributed by atoms with E-state index in [0.29, 0.717) is 12.1 Å². The molecular weight excluding hydrogens is 150 g/mol. The van der Waals surface area contributed by atoms with E-state index in [1.165, 1.54) is 13.0 Å². The zero-order valence-corrected chi connectivity index (χ0v) is 8.71. The Kier molecular flexibility index (Phi) is 3.53. The van der Waals surface area contributed by atoms with Gasteiger partial charge in [-0.1, -0.05) is 6.92 Å². The van der Waals surface area contributed by atoms with Crippen molar-refractivity contribution in [2.45, 2.75) is 39.3 Å². The van der Waals surface area contributed by atoms with Crippen molar-refractivity contribution in [3.05, 3.63) is 0 Å². The van der Waals surface area contributed by atoms with E-state index in [1.54, 1.807) is 0 Å². The molecular formula is C10H21NO. The maximum atomic E-state index is 5.44. The second kappa shape index (κ2) is 4.24. The van der Waals surface area contributed by atoms with Crippen LogP contribution in [0, 0.1) is 5.92 Å². The molecule has 2 atom stereocenters. The van der Waals surface area contributed by atoms with Gasteiger partial charge in [0.05, 0.1) is 6.10 Å². The lowest BCUT2D eigenvalue weighted by Crippen LogP contribution is -2.46. The van der Waals surface area contributed by atoms with Gasteiger partial charge in [-0.2, -0.15) is 0 Å². The summed E-state index contributed by atoms with van der Waals surface area (Å²) in [5.74, 6) is 0.727. The predicted octanol–water partition coefficient (Wildman–Crippen LogP) is 1.75. The molecule has 0 aromatic rings. The number of likely N-dealkylation sites (tertiary alicyclic amines) is 1. The summed E-state index contributed by atoms with van der Waals surface area (Å²) >= 11 is 0. The topological polar surface area (TPSA) is 12.5 Å². The van der Waals surface area contributed by atoms with E-state index in [0.717, 1.165) is 12.5 Å². The standard InChI is InChI=1S/C10H21NO/c1-8(2)11-6-5-9(3)10(7-11)12-4/h8-10H,5-7H2,1-4H3/t9-,10-/m0/s1. The number of nitrogens with zero attached hydrogens (tertiary/aromatic N) is 1. The number of methoxy groups -OCH3 is 1. The van der Waals surface area contributed by atoms with Gasteiger partial charge >= 0.3 is 0 Å². The minimum absolute atomic E-state index is 0.446. The van der Waals surface area contributed by atoms with Crippen molar-refractivity contribution in [1.29, 1.82) is 0 Å². The molecule has 0 unspecified atom stereocenters. The Labute approximate surface area is 75.9 Å². The number of hydrogen-bond acceptors (Lipinski definition) is 2. The van der Waals surface area contributed by atoms with E-state index in [9.17, 15) is 0 Å². The zero-order valence-electron chi connectivity index (χ0n) is 8.71. The van der Waals surface area contributed by atoms with Crippen LogP contribution >= 0.6 is 0 Å². The average molecular weight is 171 g/mol. The lowest BCUT2D eigenvalue weighted by molar-refractivity contribution is -0.0143. The predicted molar refractivity (Wildman–Crippen MR) is 51.3 cm³/mol. The van der Waals surface area contributed by atoms with E-state index in [2.05, 4.69) is 25.7 Å². The van der Waals surface area contributed by atoms with Crippen LogP contribution in [0.15, 0.2) is 0 Å². The third-order valence-corrected chi connectivity index (χ3v) is 2.95. The van der Waals surface area contributed by atoms with Crippen molar-refractivity contribution < 1.29 is 4.74 Å². The molecule has 72 valence electrons. The highest BCUT2D eigenvalue weighted by molar-refractivity contribution is 4.79. The Morgan fingerprint density at radius 2 is 2.08 bits per heavy atom. The van der Waals surface area contributed by atoms with E-state index < -0.39 is 0 Å². The van der Waals surface area contributed by atoms with E-state index in [4.69, 9.17) is 4.74 Å². The van der Waals surface area contributed by atoms with Gasteiger partial charge in [0.15, 0.2) is 0 Å². The van der Waals surface area contributed by atoms with E-state index in [-0.39, 0.29) is 0 Å². The summed E-state index contributed by atoms with van der Waals surface area (Å²) in [5.41, 5.74) is 0. The van der Waals surface area contributed by atoms with Gasteiger partial charge in [-0.25, -0.2) is 0 Å². The van der Waals surface area contributed by atoms with Crippen LogP contribution in [0.25, 0.3) is 0 Å². The largest absolute Gasteiger partial charge is 0.380 e. The minimum Gasteiger partial charge on any atom is -0.380 e. The fourth-order valence-electron chi connectivity index (χ4n) is 1.83. The Morgan fingerprint density at radius 1 is 1.42 bits per heavy atom. The molecule has 12 heavy (non-hydrogen) atoms. The highest BCUT2D eigenvalue weighted by atomic mass is 16.5. The smallest absolute Gasteiger partial charge is 0.0724 e. The molecule has 2 heteroatoms. The van der Waals surface area contributed by atoms with E-state index in [1.807, 2.05) is 7.11 Å². The van der Waals surface area contributed by atoms with Crippen molar-refractivity contribution in [2.24, 2.45) is 5.92 Å². The maximum absolute atomic E-state index is 5.44. The van der Waals surface area contributed by atoms with Crippen molar-refractivity contribution in [2.75, 3.05) is 20.2 Å². The van der Waals surface area contributed by atoms with Crippen molar-refractivity contribution >= 4 is 0 Å². The van der Waals surface area contributed by atoms with Gasteiger partial charge in [-0.15, -0.1) is 0 Å². The van der Waals surface area contributed by atoms with Gasteiger partial charge in [0.1, 0.15) is 0 Å². The molecule has 0 saturated carbocycles. The molecule has 0 radical (unpaired) electrons. The second-order valence-corrected chi connectivity index (χ2v) is 4.13. The maximum Gasteiger partial charge on any atom is 0.0724 e. The molecule has 0 amide bonds. The van der Waals surface area contributed by atoms with Crippen LogP contribution in [0.5, 0.6) is 0 Å². The molecule has 1 rings (SSSR count). The molecule has 0 aromatic heterocycles. The molecule has 0 aliphatic carbocycles. The SMILES string of the molecule is CO[C@H]1CN(C(C)C)CC[C@@H]1C. The molecule has 0 bridgehead atoms. The van der Waals surface area contributed by atoms with Gasteiger partial charge < -0.3 is 4.74 Å². The summed E-state index contributed by atoms with van der Waals surface area (Å²) < 4.78 is 5.44. The molecule has 1 fully saturated rings. The van der Waals surface area contributed by atoms with Crippen LogP contribution in [0.1, 0.15) is 27.2 Å². The van der Waals surface area contributed by atoms with Crippen LogP contribution in [-0.4, -0.2) is 37.2 Å². The fourth-order valence-corrected chi connectivity index (χ4v) is 1.83. The lowest BCUT2D eigenvalue weighted by Gasteiger charge is -2.38. The van der Waals surface area contributed by atoms with Gasteiger partial charge in [0.25, 0.3) is 0 Å². The van der Waals surface area contributed by atoms with Crippen LogP contribution in [0.3, 0.4) is 0 Å².